The molecule has 0 spiro atoms. The van der Waals surface area contributed by atoms with Crippen LogP contribution in [0.15, 0.2) is 255 Å². The Labute approximate surface area is 384 Å². The normalized spacial score (nSPS) is 11.3. The lowest BCUT2D eigenvalue weighted by molar-refractivity contribution is 1.17. The fraction of sp³-hybridized carbons (Fsp3) is 0. The number of nitrogens with zero attached hydrogens (tertiary/aromatic N) is 4. The molecule has 0 aliphatic carbocycles. The molecule has 10 aromatic carbocycles. The molecule has 4 nitrogen and oxygen atoms in total. The van der Waals surface area contributed by atoms with E-state index in [9.17, 15) is 0 Å². The summed E-state index contributed by atoms with van der Waals surface area (Å²) in [5, 5.41) is 3.37. The minimum Gasteiger partial charge on any atom is -0.310 e. The smallest absolute Gasteiger partial charge is 0.160 e. The summed E-state index contributed by atoms with van der Waals surface area (Å²) in [7, 11) is 0. The third-order valence-electron chi connectivity index (χ3n) is 12.6. The van der Waals surface area contributed by atoms with Crippen molar-refractivity contribution >= 4 is 49.8 Å². The molecule has 0 radical (unpaired) electrons. The molecule has 2 heterocycles. The third kappa shape index (κ3) is 7.08. The SMILES string of the molecule is c1ccc(-c2ccc(-c3nc(-c4ccc5c6ccccc6n(-c6cccc(N(c7ccc(-c8ccccc8)cc7)c7ccccc7-c7ccccc7)c6)c5c4)nc4ccccc34)cc2)cc1. The summed E-state index contributed by atoms with van der Waals surface area (Å²) >= 11 is 0. The van der Waals surface area contributed by atoms with Gasteiger partial charge in [0.05, 0.1) is 27.9 Å². The molecule has 12 rings (SSSR count). The quantitative estimate of drug-likeness (QED) is 0.145. The number of rotatable bonds is 9. The van der Waals surface area contributed by atoms with E-state index in [4.69, 9.17) is 9.97 Å². The lowest BCUT2D eigenvalue weighted by Crippen LogP contribution is -2.11. The number of benzene rings is 10. The van der Waals surface area contributed by atoms with Crippen molar-refractivity contribution in [2.45, 2.75) is 0 Å². The van der Waals surface area contributed by atoms with Crippen LogP contribution < -0.4 is 4.90 Å². The first-order chi connectivity index (χ1) is 32.7. The van der Waals surface area contributed by atoms with E-state index < -0.39 is 0 Å². The van der Waals surface area contributed by atoms with Gasteiger partial charge >= 0.3 is 0 Å². The predicted octanol–water partition coefficient (Wildman–Crippen LogP) is 16.5. The van der Waals surface area contributed by atoms with Gasteiger partial charge in [0.2, 0.25) is 0 Å². The molecule has 0 bridgehead atoms. The molecule has 0 saturated heterocycles. The summed E-state index contributed by atoms with van der Waals surface area (Å²) in [5.74, 6) is 0.686. The summed E-state index contributed by atoms with van der Waals surface area (Å²) in [6.07, 6.45) is 0. The molecule has 12 aromatic rings. The Bertz CT molecular complexity index is 3670. The Morgan fingerprint density at radius 3 is 1.59 bits per heavy atom. The number of hydrogen-bond donors (Lipinski definition) is 0. The maximum absolute atomic E-state index is 5.34. The second kappa shape index (κ2) is 16.7. The second-order valence-corrected chi connectivity index (χ2v) is 16.6. The van der Waals surface area contributed by atoms with Gasteiger partial charge in [0, 0.05) is 49.9 Å². The van der Waals surface area contributed by atoms with Crippen molar-refractivity contribution < 1.29 is 0 Å². The van der Waals surface area contributed by atoms with Gasteiger partial charge in [-0.1, -0.05) is 200 Å². The number of para-hydroxylation sites is 3. The maximum atomic E-state index is 5.34. The average molecular weight is 843 g/mol. The van der Waals surface area contributed by atoms with Gasteiger partial charge < -0.3 is 9.47 Å². The van der Waals surface area contributed by atoms with E-state index in [2.05, 4.69) is 264 Å². The summed E-state index contributed by atoms with van der Waals surface area (Å²) in [6, 6.07) is 90.6. The fourth-order valence-corrected chi connectivity index (χ4v) is 9.43. The zero-order valence-electron chi connectivity index (χ0n) is 36.0. The fourth-order valence-electron chi connectivity index (χ4n) is 9.43. The van der Waals surface area contributed by atoms with Crippen LogP contribution in [0.2, 0.25) is 0 Å². The lowest BCUT2D eigenvalue weighted by Gasteiger charge is -2.28. The Hall–Kier alpha value is -8.86. The van der Waals surface area contributed by atoms with Crippen LogP contribution in [0.5, 0.6) is 0 Å². The average Bonchev–Trinajstić information content (AvgIpc) is 3.73. The first-order valence-corrected chi connectivity index (χ1v) is 22.4. The van der Waals surface area contributed by atoms with E-state index in [-0.39, 0.29) is 0 Å². The zero-order chi connectivity index (χ0) is 43.8. The van der Waals surface area contributed by atoms with Gasteiger partial charge in [0.15, 0.2) is 5.82 Å². The lowest BCUT2D eigenvalue weighted by atomic mass is 10.0. The van der Waals surface area contributed by atoms with Crippen LogP contribution in [0.3, 0.4) is 0 Å². The monoisotopic (exact) mass is 842 g/mol. The van der Waals surface area contributed by atoms with Crippen molar-refractivity contribution in [1.82, 2.24) is 14.5 Å². The number of anilines is 3. The highest BCUT2D eigenvalue weighted by atomic mass is 15.1. The van der Waals surface area contributed by atoms with Gasteiger partial charge in [0.25, 0.3) is 0 Å². The van der Waals surface area contributed by atoms with Crippen LogP contribution in [-0.4, -0.2) is 14.5 Å². The second-order valence-electron chi connectivity index (χ2n) is 16.6. The molecular formula is C62H42N4. The molecule has 0 atom stereocenters. The minimum absolute atomic E-state index is 0.686. The molecule has 0 saturated carbocycles. The molecule has 0 fully saturated rings. The largest absolute Gasteiger partial charge is 0.310 e. The zero-order valence-corrected chi connectivity index (χ0v) is 36.0. The molecule has 0 unspecified atom stereocenters. The molecule has 2 aromatic heterocycles. The third-order valence-corrected chi connectivity index (χ3v) is 12.6. The molecule has 0 N–H and O–H groups in total. The minimum atomic E-state index is 0.686. The summed E-state index contributed by atoms with van der Waals surface area (Å²) in [6.45, 7) is 0. The van der Waals surface area contributed by atoms with Gasteiger partial charge in [0.1, 0.15) is 0 Å². The van der Waals surface area contributed by atoms with Crippen LogP contribution in [-0.2, 0) is 0 Å². The Kier molecular flexibility index (Phi) is 9.81. The first kappa shape index (κ1) is 38.8. The van der Waals surface area contributed by atoms with E-state index in [0.29, 0.717) is 5.82 Å². The Morgan fingerprint density at radius 2 is 0.864 bits per heavy atom. The summed E-state index contributed by atoms with van der Waals surface area (Å²) in [4.78, 5) is 12.9. The first-order valence-electron chi connectivity index (χ1n) is 22.4. The van der Waals surface area contributed by atoms with Crippen molar-refractivity contribution in [1.29, 1.82) is 0 Å². The van der Waals surface area contributed by atoms with Crippen LogP contribution in [0.4, 0.5) is 17.1 Å². The van der Waals surface area contributed by atoms with Gasteiger partial charge in [-0.2, -0.15) is 0 Å². The number of fused-ring (bicyclic) bond motifs is 4. The van der Waals surface area contributed by atoms with Crippen molar-refractivity contribution in [2.24, 2.45) is 0 Å². The van der Waals surface area contributed by atoms with Crippen LogP contribution in [0.1, 0.15) is 0 Å². The summed E-state index contributed by atoms with van der Waals surface area (Å²) in [5.41, 5.74) is 17.3. The highest BCUT2D eigenvalue weighted by Crippen LogP contribution is 2.43. The van der Waals surface area contributed by atoms with Crippen LogP contribution >= 0.6 is 0 Å². The summed E-state index contributed by atoms with van der Waals surface area (Å²) < 4.78 is 2.39. The predicted molar refractivity (Wildman–Crippen MR) is 276 cm³/mol. The van der Waals surface area contributed by atoms with Crippen molar-refractivity contribution in [2.75, 3.05) is 4.90 Å². The molecule has 0 aliphatic heterocycles. The standard InChI is InChI=1S/C62H42N4/c1-4-17-43(18-5-1)45-31-33-48(34-32-45)61-56-27-10-13-28-57(56)63-62(64-61)49-37-40-55-54-26-12-15-30-59(54)66(60(55)41-49)52-24-16-23-51(42-52)65(50-38-35-46(36-39-50)44-19-6-2-7-20-44)58-29-14-11-25-53(58)47-21-8-3-9-22-47/h1-42H. The van der Waals surface area contributed by atoms with Crippen molar-refractivity contribution in [3.05, 3.63) is 255 Å². The van der Waals surface area contributed by atoms with E-state index in [0.717, 1.165) is 72.6 Å². The molecule has 4 heteroatoms. The highest BCUT2D eigenvalue weighted by molar-refractivity contribution is 6.10. The molecule has 310 valence electrons. The van der Waals surface area contributed by atoms with Gasteiger partial charge in [-0.25, -0.2) is 9.97 Å². The van der Waals surface area contributed by atoms with E-state index in [1.807, 2.05) is 0 Å². The van der Waals surface area contributed by atoms with Crippen molar-refractivity contribution in [3.8, 4) is 61.7 Å². The molecule has 0 amide bonds. The van der Waals surface area contributed by atoms with Gasteiger partial charge in [-0.3, -0.25) is 0 Å². The van der Waals surface area contributed by atoms with E-state index in [1.165, 1.54) is 33.0 Å². The Balaban J connectivity index is 1.01. The van der Waals surface area contributed by atoms with E-state index >= 15 is 0 Å². The van der Waals surface area contributed by atoms with Crippen molar-refractivity contribution in [3.63, 3.8) is 0 Å². The Morgan fingerprint density at radius 1 is 0.318 bits per heavy atom. The highest BCUT2D eigenvalue weighted by Gasteiger charge is 2.20. The van der Waals surface area contributed by atoms with E-state index in [1.54, 1.807) is 0 Å². The number of hydrogen-bond acceptors (Lipinski definition) is 3. The van der Waals surface area contributed by atoms with Crippen LogP contribution in [0, 0.1) is 0 Å². The topological polar surface area (TPSA) is 34.0 Å². The molecule has 66 heavy (non-hydrogen) atoms. The number of aromatic nitrogens is 3. The van der Waals surface area contributed by atoms with Gasteiger partial charge in [-0.15, -0.1) is 0 Å². The van der Waals surface area contributed by atoms with Gasteiger partial charge in [-0.05, 0) is 82.4 Å². The van der Waals surface area contributed by atoms with Crippen LogP contribution in [0.25, 0.3) is 94.4 Å². The molecule has 0 aliphatic rings. The maximum Gasteiger partial charge on any atom is 0.160 e. The molecular weight excluding hydrogens is 801 g/mol.